The molecule has 14 heavy (non-hydrogen) atoms. The fraction of sp³-hybridized carbons (Fsp3) is 0.500. The van der Waals surface area contributed by atoms with Gasteiger partial charge in [0.1, 0.15) is 5.75 Å². The van der Waals surface area contributed by atoms with Crippen LogP contribution in [0.3, 0.4) is 0 Å². The van der Waals surface area contributed by atoms with Crippen molar-refractivity contribution in [3.05, 3.63) is 22.9 Å². The van der Waals surface area contributed by atoms with Crippen molar-refractivity contribution >= 4 is 15.9 Å². The summed E-state index contributed by atoms with van der Waals surface area (Å²) in [6.45, 7) is 1.78. The molecule has 0 aliphatic heterocycles. The van der Waals surface area contributed by atoms with Crippen LogP contribution in [0.5, 0.6) is 5.75 Å². The molecule has 1 aromatic heterocycles. The molecular formula is C10H15BrN2O. The number of rotatable bonds is 5. The van der Waals surface area contributed by atoms with Crippen molar-refractivity contribution in [1.82, 2.24) is 9.88 Å². The van der Waals surface area contributed by atoms with E-state index in [1.807, 2.05) is 6.07 Å². The number of hydrogen-bond acceptors (Lipinski definition) is 3. The highest BCUT2D eigenvalue weighted by Crippen LogP contribution is 2.22. The molecule has 0 aromatic carbocycles. The second-order valence-electron chi connectivity index (χ2n) is 3.31. The third-order valence-electron chi connectivity index (χ3n) is 1.74. The highest BCUT2D eigenvalue weighted by Gasteiger charge is 1.99. The van der Waals surface area contributed by atoms with E-state index in [4.69, 9.17) is 4.74 Å². The minimum absolute atomic E-state index is 0.737. The fourth-order valence-electron chi connectivity index (χ4n) is 1.04. The summed E-state index contributed by atoms with van der Waals surface area (Å²) in [4.78, 5) is 6.11. The second kappa shape index (κ2) is 5.98. The zero-order valence-corrected chi connectivity index (χ0v) is 10.1. The van der Waals surface area contributed by atoms with Gasteiger partial charge in [-0.25, -0.2) is 0 Å². The van der Waals surface area contributed by atoms with Crippen molar-refractivity contribution < 1.29 is 4.74 Å². The standard InChI is InChI=1S/C10H15BrN2O/c1-13(2)6-3-7-14-10-4-5-12-8-9(10)11/h4-5,8H,3,6-7H2,1-2H3. The molecule has 0 saturated heterocycles. The predicted molar refractivity (Wildman–Crippen MR) is 60.6 cm³/mol. The van der Waals surface area contributed by atoms with Crippen LogP contribution in [0, 0.1) is 0 Å². The Hall–Kier alpha value is -0.610. The van der Waals surface area contributed by atoms with Crippen LogP contribution in [0.15, 0.2) is 22.9 Å². The van der Waals surface area contributed by atoms with Crippen molar-refractivity contribution in [2.24, 2.45) is 0 Å². The Balaban J connectivity index is 2.28. The van der Waals surface area contributed by atoms with E-state index in [1.165, 1.54) is 0 Å². The Morgan fingerprint density at radius 1 is 1.50 bits per heavy atom. The lowest BCUT2D eigenvalue weighted by Gasteiger charge is -2.10. The molecule has 0 unspecified atom stereocenters. The van der Waals surface area contributed by atoms with E-state index in [0.717, 1.165) is 29.8 Å². The fourth-order valence-corrected chi connectivity index (χ4v) is 1.41. The molecule has 1 aromatic rings. The van der Waals surface area contributed by atoms with E-state index in [0.29, 0.717) is 0 Å². The summed E-state index contributed by atoms with van der Waals surface area (Å²) in [5, 5.41) is 0. The molecule has 0 aliphatic rings. The quantitative estimate of drug-likeness (QED) is 0.758. The molecule has 0 aliphatic carbocycles. The second-order valence-corrected chi connectivity index (χ2v) is 4.17. The molecular weight excluding hydrogens is 244 g/mol. The van der Waals surface area contributed by atoms with Gasteiger partial charge in [-0.3, -0.25) is 4.98 Å². The van der Waals surface area contributed by atoms with E-state index in [-0.39, 0.29) is 0 Å². The van der Waals surface area contributed by atoms with Gasteiger partial charge in [0.05, 0.1) is 11.1 Å². The lowest BCUT2D eigenvalue weighted by Crippen LogP contribution is -2.15. The number of hydrogen-bond donors (Lipinski definition) is 0. The van der Waals surface area contributed by atoms with Crippen LogP contribution in [0.1, 0.15) is 6.42 Å². The number of halogens is 1. The van der Waals surface area contributed by atoms with E-state index >= 15 is 0 Å². The van der Waals surface area contributed by atoms with Gasteiger partial charge < -0.3 is 9.64 Å². The van der Waals surface area contributed by atoms with Gasteiger partial charge in [-0.2, -0.15) is 0 Å². The molecule has 3 nitrogen and oxygen atoms in total. The topological polar surface area (TPSA) is 25.4 Å². The molecule has 0 saturated carbocycles. The molecule has 0 atom stereocenters. The van der Waals surface area contributed by atoms with Crippen LogP contribution in [0.2, 0.25) is 0 Å². The van der Waals surface area contributed by atoms with E-state index in [2.05, 4.69) is 39.9 Å². The third kappa shape index (κ3) is 4.07. The van der Waals surface area contributed by atoms with Gasteiger partial charge in [0.2, 0.25) is 0 Å². The predicted octanol–water partition coefficient (Wildman–Crippen LogP) is 2.17. The first-order valence-corrected chi connectivity index (χ1v) is 5.36. The van der Waals surface area contributed by atoms with Crippen molar-refractivity contribution in [2.75, 3.05) is 27.2 Å². The summed E-state index contributed by atoms with van der Waals surface area (Å²) in [5.74, 6) is 0.860. The Bertz CT molecular complexity index is 279. The summed E-state index contributed by atoms with van der Waals surface area (Å²) in [6.07, 6.45) is 4.50. The summed E-state index contributed by atoms with van der Waals surface area (Å²) >= 11 is 3.38. The van der Waals surface area contributed by atoms with Gasteiger partial charge >= 0.3 is 0 Å². The van der Waals surface area contributed by atoms with Crippen LogP contribution in [-0.2, 0) is 0 Å². The largest absolute Gasteiger partial charge is 0.492 e. The average molecular weight is 259 g/mol. The minimum Gasteiger partial charge on any atom is -0.492 e. The van der Waals surface area contributed by atoms with Crippen molar-refractivity contribution in [3.63, 3.8) is 0 Å². The minimum atomic E-state index is 0.737. The van der Waals surface area contributed by atoms with Gasteiger partial charge in [0.25, 0.3) is 0 Å². The lowest BCUT2D eigenvalue weighted by molar-refractivity contribution is 0.280. The summed E-state index contributed by atoms with van der Waals surface area (Å²) < 4.78 is 6.48. The smallest absolute Gasteiger partial charge is 0.136 e. The molecule has 0 bridgehead atoms. The van der Waals surface area contributed by atoms with Crippen molar-refractivity contribution in [3.8, 4) is 5.75 Å². The van der Waals surface area contributed by atoms with E-state index in [1.54, 1.807) is 12.4 Å². The highest BCUT2D eigenvalue weighted by molar-refractivity contribution is 9.10. The molecule has 1 heterocycles. The number of nitrogens with zero attached hydrogens (tertiary/aromatic N) is 2. The van der Waals surface area contributed by atoms with Gasteiger partial charge in [-0.05, 0) is 42.5 Å². The van der Waals surface area contributed by atoms with Crippen LogP contribution in [-0.4, -0.2) is 37.1 Å². The Labute approximate surface area is 93.2 Å². The molecule has 0 spiro atoms. The number of ether oxygens (including phenoxy) is 1. The first-order valence-electron chi connectivity index (χ1n) is 4.57. The molecule has 0 amide bonds. The zero-order chi connectivity index (χ0) is 10.4. The maximum Gasteiger partial charge on any atom is 0.136 e. The Morgan fingerprint density at radius 3 is 2.93 bits per heavy atom. The van der Waals surface area contributed by atoms with Crippen molar-refractivity contribution in [2.45, 2.75) is 6.42 Å². The lowest BCUT2D eigenvalue weighted by atomic mass is 10.4. The van der Waals surface area contributed by atoms with Gasteiger partial charge in [0, 0.05) is 18.9 Å². The first-order chi connectivity index (χ1) is 6.70. The number of pyridine rings is 1. The highest BCUT2D eigenvalue weighted by atomic mass is 79.9. The van der Waals surface area contributed by atoms with Crippen LogP contribution >= 0.6 is 15.9 Å². The molecule has 78 valence electrons. The van der Waals surface area contributed by atoms with Crippen LogP contribution in [0.25, 0.3) is 0 Å². The van der Waals surface area contributed by atoms with Gasteiger partial charge in [-0.1, -0.05) is 0 Å². The SMILES string of the molecule is CN(C)CCCOc1ccncc1Br. The molecule has 0 radical (unpaired) electrons. The normalized spacial score (nSPS) is 10.6. The zero-order valence-electron chi connectivity index (χ0n) is 8.53. The molecule has 4 heteroatoms. The van der Waals surface area contributed by atoms with Crippen molar-refractivity contribution in [1.29, 1.82) is 0 Å². The van der Waals surface area contributed by atoms with Crippen LogP contribution < -0.4 is 4.74 Å². The monoisotopic (exact) mass is 258 g/mol. The van der Waals surface area contributed by atoms with E-state index in [9.17, 15) is 0 Å². The third-order valence-corrected chi connectivity index (χ3v) is 2.34. The maximum atomic E-state index is 5.57. The van der Waals surface area contributed by atoms with Crippen LogP contribution in [0.4, 0.5) is 0 Å². The molecule has 0 fully saturated rings. The summed E-state index contributed by atoms with van der Waals surface area (Å²) in [6, 6.07) is 1.86. The molecule has 1 rings (SSSR count). The first kappa shape index (κ1) is 11.5. The summed E-state index contributed by atoms with van der Waals surface area (Å²) in [7, 11) is 4.12. The van der Waals surface area contributed by atoms with Gasteiger partial charge in [-0.15, -0.1) is 0 Å². The summed E-state index contributed by atoms with van der Waals surface area (Å²) in [5.41, 5.74) is 0. The Morgan fingerprint density at radius 2 is 2.29 bits per heavy atom. The Kier molecular flexibility index (Phi) is 4.90. The number of aromatic nitrogens is 1. The maximum absolute atomic E-state index is 5.57. The average Bonchev–Trinajstić information content (AvgIpc) is 2.15. The van der Waals surface area contributed by atoms with Gasteiger partial charge in [0.15, 0.2) is 0 Å². The van der Waals surface area contributed by atoms with E-state index < -0.39 is 0 Å². The molecule has 0 N–H and O–H groups in total.